The van der Waals surface area contributed by atoms with E-state index < -0.39 is 0 Å². The molecule has 2 aromatic heterocycles. The number of rotatable bonds is 6. The van der Waals surface area contributed by atoms with Gasteiger partial charge in [-0.15, -0.1) is 0 Å². The number of halogens is 1. The van der Waals surface area contributed by atoms with Gasteiger partial charge in [-0.05, 0) is 79.2 Å². The number of nitrogens with one attached hydrogen (secondary N) is 1. The van der Waals surface area contributed by atoms with Crippen LogP contribution in [0, 0.1) is 0 Å². The van der Waals surface area contributed by atoms with E-state index in [9.17, 15) is 4.79 Å². The lowest BCUT2D eigenvalue weighted by atomic mass is 9.87. The zero-order valence-corrected chi connectivity index (χ0v) is 21.0. The van der Waals surface area contributed by atoms with E-state index >= 15 is 0 Å². The van der Waals surface area contributed by atoms with Crippen LogP contribution >= 0.6 is 11.6 Å². The summed E-state index contributed by atoms with van der Waals surface area (Å²) in [6.45, 7) is 9.05. The summed E-state index contributed by atoms with van der Waals surface area (Å²) >= 11 is 6.62. The lowest BCUT2D eigenvalue weighted by molar-refractivity contribution is -0.120. The van der Waals surface area contributed by atoms with Crippen LogP contribution in [0.25, 0.3) is 33.1 Å². The number of aromatic amines is 1. The monoisotopic (exact) mass is 473 g/mol. The Labute approximate surface area is 206 Å². The van der Waals surface area contributed by atoms with Gasteiger partial charge in [-0.25, -0.2) is 0 Å². The van der Waals surface area contributed by atoms with E-state index in [-0.39, 0.29) is 0 Å². The molecule has 1 fully saturated rings. The van der Waals surface area contributed by atoms with Crippen molar-refractivity contribution in [1.82, 2.24) is 14.9 Å². The molecule has 0 unspecified atom stereocenters. The van der Waals surface area contributed by atoms with E-state index in [0.717, 1.165) is 53.6 Å². The van der Waals surface area contributed by atoms with Gasteiger partial charge in [0.2, 0.25) is 0 Å². The molecule has 5 rings (SSSR count). The summed E-state index contributed by atoms with van der Waals surface area (Å²) < 4.78 is 0. The first-order valence-corrected chi connectivity index (χ1v) is 12.8. The van der Waals surface area contributed by atoms with Crippen LogP contribution in [-0.2, 0) is 4.79 Å². The third-order valence-electron chi connectivity index (χ3n) is 7.24. The molecule has 4 nitrogen and oxygen atoms in total. The molecule has 0 amide bonds. The molecule has 0 saturated carbocycles. The maximum atomic E-state index is 11.8. The third kappa shape index (κ3) is 4.37. The summed E-state index contributed by atoms with van der Waals surface area (Å²) in [5.74, 6) is 1.24. The molecule has 0 spiro atoms. The molecule has 176 valence electrons. The lowest BCUT2D eigenvalue weighted by Crippen LogP contribution is -2.36. The van der Waals surface area contributed by atoms with Gasteiger partial charge in [0.1, 0.15) is 5.78 Å². The number of aromatic nitrogens is 2. The summed E-state index contributed by atoms with van der Waals surface area (Å²) in [5.41, 5.74) is 6.98. The quantitative estimate of drug-likeness (QED) is 0.319. The molecule has 2 aromatic carbocycles. The van der Waals surface area contributed by atoms with Gasteiger partial charge in [0.15, 0.2) is 0 Å². The summed E-state index contributed by atoms with van der Waals surface area (Å²) in [7, 11) is 0. The number of carbonyl (C=O) groups is 1. The van der Waals surface area contributed by atoms with Crippen LogP contribution in [0.4, 0.5) is 0 Å². The Kier molecular flexibility index (Phi) is 6.46. The molecular weight excluding hydrogens is 442 g/mol. The number of hydrogen-bond acceptors (Lipinski definition) is 3. The summed E-state index contributed by atoms with van der Waals surface area (Å²) in [5, 5.41) is 3.02. The Morgan fingerprint density at radius 2 is 1.97 bits per heavy atom. The van der Waals surface area contributed by atoms with Gasteiger partial charge >= 0.3 is 0 Å². The molecule has 1 N–H and O–H groups in total. The molecule has 4 aromatic rings. The number of ketones is 1. The second-order valence-corrected chi connectivity index (χ2v) is 10.3. The number of carbonyl (C=O) groups excluding carboxylic acids is 1. The second kappa shape index (κ2) is 9.52. The molecule has 1 aliphatic rings. The maximum absolute atomic E-state index is 11.8. The zero-order chi connectivity index (χ0) is 23.8. The molecule has 0 radical (unpaired) electrons. The molecule has 34 heavy (non-hydrogen) atoms. The molecule has 0 atom stereocenters. The number of hydrogen-bond donors (Lipinski definition) is 1. The molecule has 0 aliphatic carbocycles. The van der Waals surface area contributed by atoms with E-state index in [1.165, 1.54) is 16.5 Å². The Bertz CT molecular complexity index is 1350. The van der Waals surface area contributed by atoms with Crippen LogP contribution in [-0.4, -0.2) is 40.3 Å². The minimum absolute atomic E-state index is 0.339. The largest absolute Gasteiger partial charge is 0.354 e. The molecule has 1 saturated heterocycles. The van der Waals surface area contributed by atoms with Crippen molar-refractivity contribution in [1.29, 1.82) is 0 Å². The number of fused-ring (bicyclic) bond motifs is 2. The van der Waals surface area contributed by atoms with Crippen LogP contribution < -0.4 is 0 Å². The fourth-order valence-electron chi connectivity index (χ4n) is 5.39. The normalized spacial score (nSPS) is 15.6. The van der Waals surface area contributed by atoms with Crippen molar-refractivity contribution < 1.29 is 4.79 Å². The smallest absolute Gasteiger partial charge is 0.146 e. The van der Waals surface area contributed by atoms with Crippen LogP contribution in [0.2, 0.25) is 5.02 Å². The SMILES string of the molecule is CCC(=O)CN1CCC(c2ccc3[nH]c(-c4cc(Cl)c5ncccc5c4)c(C(C)C)c3c2)CC1. The van der Waals surface area contributed by atoms with Gasteiger partial charge in [-0.2, -0.15) is 0 Å². The summed E-state index contributed by atoms with van der Waals surface area (Å²) in [6.07, 6.45) is 4.61. The van der Waals surface area contributed by atoms with Gasteiger partial charge in [0.25, 0.3) is 0 Å². The van der Waals surface area contributed by atoms with Gasteiger partial charge in [0.05, 0.1) is 22.8 Å². The highest BCUT2D eigenvalue weighted by atomic mass is 35.5. The lowest BCUT2D eigenvalue weighted by Gasteiger charge is -2.31. The highest BCUT2D eigenvalue weighted by molar-refractivity contribution is 6.35. The molecule has 3 heterocycles. The van der Waals surface area contributed by atoms with Crippen LogP contribution in [0.5, 0.6) is 0 Å². The molecule has 1 aliphatic heterocycles. The van der Waals surface area contributed by atoms with E-state index in [4.69, 9.17) is 11.6 Å². The Morgan fingerprint density at radius 3 is 2.71 bits per heavy atom. The Morgan fingerprint density at radius 1 is 1.18 bits per heavy atom. The molecule has 0 bridgehead atoms. The number of pyridine rings is 1. The minimum atomic E-state index is 0.339. The number of benzene rings is 2. The predicted molar refractivity (Wildman–Crippen MR) is 142 cm³/mol. The fourth-order valence-corrected chi connectivity index (χ4v) is 5.66. The number of piperidine rings is 1. The van der Waals surface area contributed by atoms with E-state index in [2.05, 4.69) is 59.0 Å². The second-order valence-electron chi connectivity index (χ2n) is 9.85. The first-order chi connectivity index (χ1) is 16.4. The van der Waals surface area contributed by atoms with Crippen LogP contribution in [0.1, 0.15) is 63.0 Å². The number of Topliss-reactive ketones (excluding diaryl/α,β-unsaturated/α-hetero) is 1. The number of likely N-dealkylation sites (tertiary alicyclic amines) is 1. The van der Waals surface area contributed by atoms with Crippen LogP contribution in [0.15, 0.2) is 48.7 Å². The van der Waals surface area contributed by atoms with Crippen molar-refractivity contribution in [3.8, 4) is 11.3 Å². The van der Waals surface area contributed by atoms with Crippen molar-refractivity contribution in [3.05, 3.63) is 64.8 Å². The predicted octanol–water partition coefficient (Wildman–Crippen LogP) is 7.32. The van der Waals surface area contributed by atoms with Gasteiger partial charge < -0.3 is 4.98 Å². The number of nitrogens with zero attached hydrogens (tertiary/aromatic N) is 2. The topological polar surface area (TPSA) is 49.0 Å². The third-order valence-corrected chi connectivity index (χ3v) is 7.53. The van der Waals surface area contributed by atoms with Crippen molar-refractivity contribution in [3.63, 3.8) is 0 Å². The minimum Gasteiger partial charge on any atom is -0.354 e. The first-order valence-electron chi connectivity index (χ1n) is 12.4. The zero-order valence-electron chi connectivity index (χ0n) is 20.2. The van der Waals surface area contributed by atoms with E-state index in [1.54, 1.807) is 6.20 Å². The molecule has 5 heteroatoms. The van der Waals surface area contributed by atoms with Gasteiger partial charge in [-0.3, -0.25) is 14.7 Å². The summed E-state index contributed by atoms with van der Waals surface area (Å²) in [6, 6.07) is 15.1. The maximum Gasteiger partial charge on any atom is 0.146 e. The van der Waals surface area contributed by atoms with E-state index in [0.29, 0.717) is 35.6 Å². The first kappa shape index (κ1) is 23.1. The average Bonchev–Trinajstić information content (AvgIpc) is 3.23. The van der Waals surface area contributed by atoms with Crippen molar-refractivity contribution in [2.24, 2.45) is 0 Å². The van der Waals surface area contributed by atoms with Crippen LogP contribution in [0.3, 0.4) is 0 Å². The Hall–Kier alpha value is -2.69. The van der Waals surface area contributed by atoms with Gasteiger partial charge in [0, 0.05) is 34.5 Å². The van der Waals surface area contributed by atoms with Crippen molar-refractivity contribution >= 4 is 39.2 Å². The highest BCUT2D eigenvalue weighted by Crippen LogP contribution is 2.40. The molecular formula is C29H32ClN3O. The number of H-pyrrole nitrogens is 1. The van der Waals surface area contributed by atoms with E-state index in [1.807, 2.05) is 19.1 Å². The average molecular weight is 474 g/mol. The van der Waals surface area contributed by atoms with Crippen molar-refractivity contribution in [2.75, 3.05) is 19.6 Å². The standard InChI is InChI=1S/C29H32ClN3O/c1-4-23(34)17-33-12-9-19(10-13-33)20-7-8-26-24(15-20)27(18(2)3)29(32-26)22-14-21-6-5-11-31-28(21)25(30)16-22/h5-8,11,14-16,18-19,32H,4,9-10,12-13,17H2,1-3H3. The Balaban J connectivity index is 1.49. The summed E-state index contributed by atoms with van der Waals surface area (Å²) in [4.78, 5) is 22.3. The van der Waals surface area contributed by atoms with Gasteiger partial charge in [-0.1, -0.05) is 44.5 Å². The van der Waals surface area contributed by atoms with Crippen molar-refractivity contribution in [2.45, 2.75) is 51.9 Å². The fraction of sp³-hybridized carbons (Fsp3) is 0.379. The highest BCUT2D eigenvalue weighted by Gasteiger charge is 2.23.